The Morgan fingerprint density at radius 2 is 0.692 bits per heavy atom. The lowest BCUT2D eigenvalue weighted by Gasteiger charge is -2.40. The quantitative estimate of drug-likeness (QED) is 0.732. The van der Waals surface area contributed by atoms with E-state index in [1.165, 1.54) is 94.7 Å². The first-order chi connectivity index (χ1) is 13.0. The largest absolute Gasteiger partial charge is 0.0622 e. The topological polar surface area (TPSA) is 0 Å². The molecule has 0 spiro atoms. The fourth-order valence-electron chi connectivity index (χ4n) is 16.8. The van der Waals surface area contributed by atoms with Crippen molar-refractivity contribution in [1.82, 2.24) is 0 Å². The fraction of sp³-hybridized carbons (Fsp3) is 0.769. The minimum Gasteiger partial charge on any atom is -0.0622 e. The second-order valence-corrected chi connectivity index (χ2v) is 13.1. The van der Waals surface area contributed by atoms with Crippen LogP contribution in [0.4, 0.5) is 0 Å². The summed E-state index contributed by atoms with van der Waals surface area (Å²) in [6.07, 6.45) is 0. The average Bonchev–Trinajstić information content (AvgIpc) is 3.34. The fourth-order valence-corrected chi connectivity index (χ4v) is 16.8. The van der Waals surface area contributed by atoms with Gasteiger partial charge in [0.05, 0.1) is 0 Å². The Kier molecular flexibility index (Phi) is 1.15. The highest BCUT2D eigenvalue weighted by molar-refractivity contribution is 5.53. The third-order valence-corrected chi connectivity index (χ3v) is 14.7. The Morgan fingerprint density at radius 3 is 1.04 bits per heavy atom. The van der Waals surface area contributed by atoms with Crippen molar-refractivity contribution in [3.63, 3.8) is 0 Å². The van der Waals surface area contributed by atoms with E-state index in [9.17, 15) is 0 Å². The van der Waals surface area contributed by atoms with Crippen molar-refractivity contribution in [1.29, 1.82) is 0 Å². The molecule has 0 aliphatic heterocycles. The lowest BCUT2D eigenvalue weighted by molar-refractivity contribution is 0.161. The minimum atomic E-state index is 0.694. The molecule has 1 aromatic rings. The van der Waals surface area contributed by atoms with Crippen LogP contribution in [-0.2, 0) is 5.41 Å². The van der Waals surface area contributed by atoms with Gasteiger partial charge in [-0.3, -0.25) is 0 Å². The Morgan fingerprint density at radius 1 is 0.385 bits per heavy atom. The van der Waals surface area contributed by atoms with Crippen LogP contribution in [0.1, 0.15) is 5.56 Å². The van der Waals surface area contributed by atoms with Gasteiger partial charge in [0.2, 0.25) is 0 Å². The van der Waals surface area contributed by atoms with E-state index >= 15 is 0 Å². The molecular weight excluding hydrogens is 312 g/mol. The van der Waals surface area contributed by atoms with Crippen molar-refractivity contribution in [2.45, 2.75) is 5.41 Å². The third kappa shape index (κ3) is 0.591. The van der Waals surface area contributed by atoms with Crippen LogP contribution in [-0.4, -0.2) is 0 Å². The summed E-state index contributed by atoms with van der Waals surface area (Å²) in [7, 11) is 0. The molecule has 0 bridgehead atoms. The lowest BCUT2D eigenvalue weighted by atomic mass is 9.63. The summed E-state index contributed by atoms with van der Waals surface area (Å²) in [6, 6.07) is 12.3. The number of rotatable bonds is 1. The first-order valence-corrected chi connectivity index (χ1v) is 12.0. The molecule has 12 saturated carbocycles. The van der Waals surface area contributed by atoms with E-state index in [4.69, 9.17) is 0 Å². The number of hydrogen-bond donors (Lipinski definition) is 0. The van der Waals surface area contributed by atoms with Gasteiger partial charge in [-0.1, -0.05) is 30.3 Å². The Balaban J connectivity index is 1.34. The Labute approximate surface area is 154 Å². The van der Waals surface area contributed by atoms with Crippen molar-refractivity contribution >= 4 is 0 Å². The number of hydrogen-bond acceptors (Lipinski definition) is 0. The molecule has 8 unspecified atom stereocenters. The second-order valence-electron chi connectivity index (χ2n) is 13.1. The van der Waals surface area contributed by atoms with Gasteiger partial charge >= 0.3 is 0 Å². The molecule has 0 radical (unpaired) electrons. The second kappa shape index (κ2) is 2.65. The van der Waals surface area contributed by atoms with E-state index in [-0.39, 0.29) is 0 Å². The summed E-state index contributed by atoms with van der Waals surface area (Å²) < 4.78 is 0. The van der Waals surface area contributed by atoms with Gasteiger partial charge in [-0.2, -0.15) is 0 Å². The van der Waals surface area contributed by atoms with Crippen molar-refractivity contribution < 1.29 is 0 Å². The van der Waals surface area contributed by atoms with Gasteiger partial charge in [-0.05, 0) is 118 Å². The van der Waals surface area contributed by atoms with Crippen molar-refractivity contribution in [2.24, 2.45) is 112 Å². The molecule has 0 N–H and O–H groups in total. The van der Waals surface area contributed by atoms with Gasteiger partial charge < -0.3 is 0 Å². The highest BCUT2D eigenvalue weighted by Gasteiger charge is 3.01. The maximum atomic E-state index is 2.61. The average molecular weight is 336 g/mol. The minimum absolute atomic E-state index is 0.694. The van der Waals surface area contributed by atoms with E-state index in [2.05, 4.69) is 30.3 Å². The third-order valence-electron chi connectivity index (χ3n) is 14.7. The molecule has 13 rings (SSSR count). The molecule has 20 atom stereocenters. The summed E-state index contributed by atoms with van der Waals surface area (Å²) in [5.74, 6) is 23.4. The molecule has 0 heteroatoms. The summed E-state index contributed by atoms with van der Waals surface area (Å²) in [6.45, 7) is 0. The smallest absolute Gasteiger partial charge is 0.00547 e. The van der Waals surface area contributed by atoms with Crippen LogP contribution in [0.5, 0.6) is 0 Å². The van der Waals surface area contributed by atoms with Gasteiger partial charge in [-0.25, -0.2) is 0 Å². The SMILES string of the molecule is c1ccc(C23C4[C@@H]5[C@@H]6C7C8C9[C@@H]6[C@@H]4[C@H]4C2[C@H]2[C@@H](C8[C@@H]6[C@@H]7[C@@H]5C3[C@@H]62)[C@H]94)cc1. The molecule has 0 aromatic heterocycles. The van der Waals surface area contributed by atoms with E-state index in [0.717, 1.165) is 17.8 Å². The molecule has 12 aliphatic rings. The van der Waals surface area contributed by atoms with Crippen LogP contribution in [0, 0.1) is 112 Å². The van der Waals surface area contributed by atoms with Crippen LogP contribution >= 0.6 is 0 Å². The van der Waals surface area contributed by atoms with Crippen LogP contribution in [0.25, 0.3) is 0 Å². The van der Waals surface area contributed by atoms with E-state index in [1.54, 1.807) is 0 Å². The highest BCUT2D eigenvalue weighted by Crippen LogP contribution is 3.04. The van der Waals surface area contributed by atoms with Gasteiger partial charge in [0.25, 0.3) is 0 Å². The van der Waals surface area contributed by atoms with E-state index < -0.39 is 0 Å². The zero-order chi connectivity index (χ0) is 15.6. The van der Waals surface area contributed by atoms with E-state index in [1.807, 2.05) is 5.56 Å². The summed E-state index contributed by atoms with van der Waals surface area (Å²) in [5, 5.41) is 0. The molecule has 0 nitrogen and oxygen atoms in total. The van der Waals surface area contributed by atoms with Crippen LogP contribution in [0.2, 0.25) is 0 Å². The maximum absolute atomic E-state index is 2.61. The normalized spacial score (nSPS) is 88.5. The predicted octanol–water partition coefficient (Wildman–Crippen LogP) is 3.78. The molecule has 0 saturated heterocycles. The van der Waals surface area contributed by atoms with Crippen LogP contribution in [0.3, 0.4) is 0 Å². The Hall–Kier alpha value is -0.780. The van der Waals surface area contributed by atoms with Crippen molar-refractivity contribution in [3.05, 3.63) is 35.9 Å². The zero-order valence-corrected chi connectivity index (χ0v) is 14.9. The molecule has 1 aromatic carbocycles. The molecular formula is C26H24. The molecule has 0 heterocycles. The van der Waals surface area contributed by atoms with Crippen molar-refractivity contribution in [3.8, 4) is 0 Å². The number of benzene rings is 1. The Bertz CT molecular complexity index is 862. The summed E-state index contributed by atoms with van der Waals surface area (Å²) >= 11 is 0. The lowest BCUT2D eigenvalue weighted by Crippen LogP contribution is -2.40. The zero-order valence-electron chi connectivity index (χ0n) is 14.9. The molecule has 12 fully saturated rings. The monoisotopic (exact) mass is 336 g/mol. The molecule has 12 aliphatic carbocycles. The molecule has 128 valence electrons. The first kappa shape index (κ1) is 11.3. The van der Waals surface area contributed by atoms with Crippen LogP contribution < -0.4 is 0 Å². The highest BCUT2D eigenvalue weighted by atomic mass is 15.1. The standard InChI is InChI=1S/C26H24/c1-2-4-6(5-3-1)26-23-17-11-8-7-9-13(11)19(23)21-15(9)16-10(7)14-12(8)18(17)24(26)20(14)22(16)25(21)26/h1-5,7-25H/t7?,8?,9?,10?,11-,12-,13-,14+,15+,16+,17-,18+,19-,20+,21-,22-,23?,24?,25?,26?/m0/s1. The predicted molar refractivity (Wildman–Crippen MR) is 94.4 cm³/mol. The van der Waals surface area contributed by atoms with Gasteiger partial charge in [0.1, 0.15) is 0 Å². The summed E-state index contributed by atoms with van der Waals surface area (Å²) in [4.78, 5) is 0. The van der Waals surface area contributed by atoms with Gasteiger partial charge in [0, 0.05) is 5.41 Å². The first-order valence-electron chi connectivity index (χ1n) is 12.0. The van der Waals surface area contributed by atoms with Crippen molar-refractivity contribution in [2.75, 3.05) is 0 Å². The molecule has 0 amide bonds. The van der Waals surface area contributed by atoms with Gasteiger partial charge in [0.15, 0.2) is 0 Å². The molecule has 26 heavy (non-hydrogen) atoms. The maximum Gasteiger partial charge on any atom is 0.00547 e. The van der Waals surface area contributed by atoms with E-state index in [0.29, 0.717) is 5.41 Å². The van der Waals surface area contributed by atoms with Gasteiger partial charge in [-0.15, -0.1) is 0 Å². The summed E-state index contributed by atoms with van der Waals surface area (Å²) in [5.41, 5.74) is 2.55. The van der Waals surface area contributed by atoms with Crippen LogP contribution in [0.15, 0.2) is 30.3 Å².